The average molecular weight is 226 g/mol. The highest BCUT2D eigenvalue weighted by Crippen LogP contribution is 2.13. The van der Waals surface area contributed by atoms with Crippen molar-refractivity contribution in [3.63, 3.8) is 0 Å². The van der Waals surface area contributed by atoms with Crippen molar-refractivity contribution in [1.82, 2.24) is 4.98 Å². The van der Waals surface area contributed by atoms with Crippen LogP contribution in [-0.4, -0.2) is 17.3 Å². The van der Waals surface area contributed by atoms with Crippen molar-refractivity contribution in [1.29, 1.82) is 0 Å². The molecule has 0 aliphatic carbocycles. The van der Waals surface area contributed by atoms with E-state index in [1.807, 2.05) is 12.3 Å². The first-order valence-corrected chi connectivity index (χ1v) is 6.16. The Morgan fingerprint density at radius 1 is 1.67 bits per heavy atom. The van der Waals surface area contributed by atoms with Gasteiger partial charge in [0.1, 0.15) is 10.8 Å². The predicted molar refractivity (Wildman–Crippen MR) is 63.0 cm³/mol. The highest BCUT2D eigenvalue weighted by atomic mass is 32.1. The van der Waals surface area contributed by atoms with E-state index in [0.717, 1.165) is 17.1 Å². The van der Waals surface area contributed by atoms with Crippen LogP contribution in [0.2, 0.25) is 0 Å². The van der Waals surface area contributed by atoms with Gasteiger partial charge in [0.05, 0.1) is 6.42 Å². The Hall–Kier alpha value is -0.740. The van der Waals surface area contributed by atoms with E-state index < -0.39 is 0 Å². The van der Waals surface area contributed by atoms with Crippen LogP contribution in [0.15, 0.2) is 5.38 Å². The maximum Gasteiger partial charge on any atom is 0.140 e. The van der Waals surface area contributed by atoms with Crippen molar-refractivity contribution < 1.29 is 4.79 Å². The summed E-state index contributed by atoms with van der Waals surface area (Å²) in [6.07, 6.45) is 2.03. The smallest absolute Gasteiger partial charge is 0.140 e. The molecule has 0 saturated heterocycles. The van der Waals surface area contributed by atoms with Crippen molar-refractivity contribution in [2.24, 2.45) is 11.7 Å². The van der Waals surface area contributed by atoms with Gasteiger partial charge in [0.2, 0.25) is 0 Å². The van der Waals surface area contributed by atoms with E-state index in [1.165, 1.54) is 0 Å². The molecule has 4 heteroatoms. The van der Waals surface area contributed by atoms with Gasteiger partial charge in [-0.25, -0.2) is 4.98 Å². The highest BCUT2D eigenvalue weighted by molar-refractivity contribution is 7.09. The van der Waals surface area contributed by atoms with Crippen LogP contribution in [-0.2, 0) is 11.2 Å². The van der Waals surface area contributed by atoms with Crippen LogP contribution < -0.4 is 5.73 Å². The van der Waals surface area contributed by atoms with Crippen LogP contribution in [0.1, 0.15) is 30.5 Å². The third-order valence-corrected chi connectivity index (χ3v) is 3.41. The molecule has 0 spiro atoms. The lowest BCUT2D eigenvalue weighted by Crippen LogP contribution is -2.18. The molecule has 0 aromatic carbocycles. The van der Waals surface area contributed by atoms with Crippen LogP contribution in [0, 0.1) is 12.8 Å². The summed E-state index contributed by atoms with van der Waals surface area (Å²) >= 11 is 1.56. The number of hydrogen-bond acceptors (Lipinski definition) is 4. The monoisotopic (exact) mass is 226 g/mol. The van der Waals surface area contributed by atoms with Gasteiger partial charge >= 0.3 is 0 Å². The number of ketones is 1. The summed E-state index contributed by atoms with van der Waals surface area (Å²) in [6.45, 7) is 4.61. The molecule has 0 aliphatic heterocycles. The zero-order valence-electron chi connectivity index (χ0n) is 9.32. The van der Waals surface area contributed by atoms with Crippen LogP contribution in [0.25, 0.3) is 0 Å². The first kappa shape index (κ1) is 12.3. The van der Waals surface area contributed by atoms with E-state index in [-0.39, 0.29) is 5.78 Å². The van der Waals surface area contributed by atoms with Gasteiger partial charge in [0, 0.05) is 17.5 Å². The number of Topliss-reactive ketones (excluding diaryl/α,β-unsaturated/α-hetero) is 1. The normalized spacial score (nSPS) is 12.7. The molecular formula is C11H18N2OS. The number of aryl methyl sites for hydroxylation is 1. The minimum Gasteiger partial charge on any atom is -0.330 e. The fourth-order valence-electron chi connectivity index (χ4n) is 1.44. The molecule has 1 atom stereocenters. The molecule has 15 heavy (non-hydrogen) atoms. The number of carbonyl (C=O) groups is 1. The van der Waals surface area contributed by atoms with Gasteiger partial charge in [-0.15, -0.1) is 11.3 Å². The van der Waals surface area contributed by atoms with Crippen molar-refractivity contribution >= 4 is 17.1 Å². The zero-order chi connectivity index (χ0) is 11.3. The van der Waals surface area contributed by atoms with E-state index in [9.17, 15) is 4.79 Å². The molecule has 1 aromatic rings. The van der Waals surface area contributed by atoms with Crippen molar-refractivity contribution in [2.45, 2.75) is 33.1 Å². The van der Waals surface area contributed by atoms with Gasteiger partial charge in [0.15, 0.2) is 0 Å². The van der Waals surface area contributed by atoms with Gasteiger partial charge < -0.3 is 5.73 Å². The summed E-state index contributed by atoms with van der Waals surface area (Å²) < 4.78 is 0. The minimum absolute atomic E-state index is 0.252. The van der Waals surface area contributed by atoms with Gasteiger partial charge in [-0.1, -0.05) is 13.3 Å². The maximum atomic E-state index is 11.7. The summed E-state index contributed by atoms with van der Waals surface area (Å²) in [6, 6.07) is 0. The fourth-order valence-corrected chi connectivity index (χ4v) is 2.24. The average Bonchev–Trinajstić information content (AvgIpc) is 2.60. The van der Waals surface area contributed by atoms with Gasteiger partial charge in [0.25, 0.3) is 0 Å². The minimum atomic E-state index is 0.252. The zero-order valence-corrected chi connectivity index (χ0v) is 10.1. The highest BCUT2D eigenvalue weighted by Gasteiger charge is 2.12. The third kappa shape index (κ3) is 4.10. The topological polar surface area (TPSA) is 56.0 Å². The van der Waals surface area contributed by atoms with E-state index in [2.05, 4.69) is 11.9 Å². The lowest BCUT2D eigenvalue weighted by molar-refractivity contribution is -0.119. The first-order valence-electron chi connectivity index (χ1n) is 5.28. The predicted octanol–water partition coefficient (Wildman–Crippen LogP) is 1.94. The van der Waals surface area contributed by atoms with Crippen molar-refractivity contribution in [2.75, 3.05) is 6.54 Å². The van der Waals surface area contributed by atoms with Crippen LogP contribution >= 0.6 is 11.3 Å². The molecule has 0 saturated carbocycles. The standard InChI is InChI=1S/C11H18N2OS/c1-3-9(6-12)4-10(14)5-11-13-8(2)7-15-11/h7,9H,3-6,12H2,1-2H3. The quantitative estimate of drug-likeness (QED) is 0.806. The number of nitrogens with zero attached hydrogens (tertiary/aromatic N) is 1. The van der Waals surface area contributed by atoms with Crippen molar-refractivity contribution in [3.05, 3.63) is 16.1 Å². The molecule has 1 unspecified atom stereocenters. The maximum absolute atomic E-state index is 11.7. The molecule has 0 radical (unpaired) electrons. The van der Waals surface area contributed by atoms with Gasteiger partial charge in [-0.3, -0.25) is 4.79 Å². The first-order chi connectivity index (χ1) is 7.15. The molecule has 1 aromatic heterocycles. The van der Waals surface area contributed by atoms with E-state index in [1.54, 1.807) is 11.3 Å². The Bertz CT molecular complexity index is 318. The van der Waals surface area contributed by atoms with E-state index in [0.29, 0.717) is 25.3 Å². The van der Waals surface area contributed by atoms with Crippen molar-refractivity contribution in [3.8, 4) is 0 Å². The second-order valence-corrected chi connectivity index (χ2v) is 4.75. The Kier molecular flexibility index (Phi) is 4.91. The number of nitrogens with two attached hydrogens (primary N) is 1. The number of thiazole rings is 1. The third-order valence-electron chi connectivity index (χ3n) is 2.44. The van der Waals surface area contributed by atoms with Crippen LogP contribution in [0.5, 0.6) is 0 Å². The Balaban J connectivity index is 2.42. The Labute approximate surface area is 94.7 Å². The van der Waals surface area contributed by atoms with Crippen LogP contribution in [0.3, 0.4) is 0 Å². The number of rotatable bonds is 6. The molecule has 0 bridgehead atoms. The Morgan fingerprint density at radius 3 is 2.87 bits per heavy atom. The summed E-state index contributed by atoms with van der Waals surface area (Å²) in [5.74, 6) is 0.584. The molecule has 84 valence electrons. The van der Waals surface area contributed by atoms with Crippen LogP contribution in [0.4, 0.5) is 0 Å². The summed E-state index contributed by atoms with van der Waals surface area (Å²) in [4.78, 5) is 15.9. The SMILES string of the molecule is CCC(CN)CC(=O)Cc1nc(C)cs1. The molecule has 0 amide bonds. The fraction of sp³-hybridized carbons (Fsp3) is 0.636. The summed E-state index contributed by atoms with van der Waals surface area (Å²) in [5.41, 5.74) is 6.56. The molecular weight excluding hydrogens is 208 g/mol. The summed E-state index contributed by atoms with van der Waals surface area (Å²) in [5, 5.41) is 2.90. The number of aromatic nitrogens is 1. The van der Waals surface area contributed by atoms with Gasteiger partial charge in [-0.05, 0) is 19.4 Å². The second kappa shape index (κ2) is 5.98. The lowest BCUT2D eigenvalue weighted by Gasteiger charge is -2.09. The Morgan fingerprint density at radius 2 is 2.40 bits per heavy atom. The largest absolute Gasteiger partial charge is 0.330 e. The molecule has 0 aliphatic rings. The molecule has 1 rings (SSSR count). The molecule has 3 nitrogen and oxygen atoms in total. The number of carbonyl (C=O) groups excluding carboxylic acids is 1. The van der Waals surface area contributed by atoms with E-state index in [4.69, 9.17) is 5.73 Å². The second-order valence-electron chi connectivity index (χ2n) is 3.81. The number of hydrogen-bond donors (Lipinski definition) is 1. The lowest BCUT2D eigenvalue weighted by atomic mass is 9.99. The molecule has 1 heterocycles. The van der Waals surface area contributed by atoms with E-state index >= 15 is 0 Å². The molecule has 0 fully saturated rings. The summed E-state index contributed by atoms with van der Waals surface area (Å²) in [7, 11) is 0. The molecule has 2 N–H and O–H groups in total. The van der Waals surface area contributed by atoms with Gasteiger partial charge in [-0.2, -0.15) is 0 Å².